The Hall–Kier alpha value is -1.35. The van der Waals surface area contributed by atoms with Crippen LogP contribution in [0.5, 0.6) is 0 Å². The maximum absolute atomic E-state index is 6.05. The molecule has 3 heteroatoms. The fraction of sp³-hybridized carbons (Fsp3) is 0.308. The molecule has 0 aromatic carbocycles. The Bertz CT molecular complexity index is 480. The lowest BCUT2D eigenvalue weighted by molar-refractivity contribution is 0.594. The Morgan fingerprint density at radius 2 is 2.00 bits per heavy atom. The summed E-state index contributed by atoms with van der Waals surface area (Å²) >= 11 is 1.59. The second-order valence-electron chi connectivity index (χ2n) is 4.85. The summed E-state index contributed by atoms with van der Waals surface area (Å²) in [5, 5.41) is 2.99. The summed E-state index contributed by atoms with van der Waals surface area (Å²) in [4.78, 5) is 4.38. The highest BCUT2D eigenvalue weighted by Crippen LogP contribution is 2.40. The highest BCUT2D eigenvalue weighted by Gasteiger charge is 2.22. The van der Waals surface area contributed by atoms with Gasteiger partial charge in [-0.2, -0.15) is 0 Å². The third kappa shape index (κ3) is 1.95. The van der Waals surface area contributed by atoms with Crippen molar-refractivity contribution in [2.75, 3.05) is 5.73 Å². The van der Waals surface area contributed by atoms with Crippen molar-refractivity contribution in [1.82, 2.24) is 4.98 Å². The molecule has 0 aliphatic heterocycles. The van der Waals surface area contributed by atoms with E-state index in [9.17, 15) is 0 Å². The second-order valence-corrected chi connectivity index (χ2v) is 5.76. The third-order valence-corrected chi connectivity index (χ3v) is 3.36. The van der Waals surface area contributed by atoms with Crippen molar-refractivity contribution in [3.8, 4) is 11.3 Å². The Balaban J connectivity index is 2.61. The summed E-state index contributed by atoms with van der Waals surface area (Å²) in [6, 6.07) is 5.92. The van der Waals surface area contributed by atoms with E-state index in [0.29, 0.717) is 0 Å². The largest absolute Gasteiger partial charge is 0.390 e. The molecule has 2 nitrogen and oxygen atoms in total. The van der Waals surface area contributed by atoms with Crippen molar-refractivity contribution in [2.24, 2.45) is 0 Å². The fourth-order valence-corrected chi connectivity index (χ4v) is 2.75. The van der Waals surface area contributed by atoms with Gasteiger partial charge in [-0.25, -0.2) is 0 Å². The van der Waals surface area contributed by atoms with Gasteiger partial charge in [0.1, 0.15) is 0 Å². The maximum Gasteiger partial charge on any atom is 0.0955 e. The first-order chi connectivity index (χ1) is 7.50. The van der Waals surface area contributed by atoms with Gasteiger partial charge in [0.15, 0.2) is 0 Å². The van der Waals surface area contributed by atoms with Crippen LogP contribution in [0.1, 0.15) is 26.3 Å². The van der Waals surface area contributed by atoms with Gasteiger partial charge in [0.05, 0.1) is 10.7 Å². The zero-order chi connectivity index (χ0) is 11.8. The number of nitrogens with zero attached hydrogens (tertiary/aromatic N) is 1. The molecule has 2 heterocycles. The van der Waals surface area contributed by atoms with Gasteiger partial charge in [-0.1, -0.05) is 26.8 Å². The minimum absolute atomic E-state index is 0.0982. The number of hydrogen-bond acceptors (Lipinski definition) is 3. The first-order valence-electron chi connectivity index (χ1n) is 5.29. The normalized spacial score (nSPS) is 11.7. The smallest absolute Gasteiger partial charge is 0.0955 e. The minimum atomic E-state index is 0.0982. The third-order valence-electron chi connectivity index (χ3n) is 2.55. The minimum Gasteiger partial charge on any atom is -0.390 e. The molecular formula is C13H16N2S. The zero-order valence-corrected chi connectivity index (χ0v) is 10.6. The van der Waals surface area contributed by atoms with Crippen molar-refractivity contribution < 1.29 is 0 Å². The van der Waals surface area contributed by atoms with E-state index < -0.39 is 0 Å². The van der Waals surface area contributed by atoms with Gasteiger partial charge in [-0.15, -0.1) is 11.3 Å². The number of rotatable bonds is 1. The van der Waals surface area contributed by atoms with Crippen molar-refractivity contribution in [3.05, 3.63) is 35.3 Å². The van der Waals surface area contributed by atoms with Gasteiger partial charge in [0.2, 0.25) is 0 Å². The zero-order valence-electron chi connectivity index (χ0n) is 9.82. The fourth-order valence-electron chi connectivity index (χ4n) is 1.70. The van der Waals surface area contributed by atoms with E-state index >= 15 is 0 Å². The summed E-state index contributed by atoms with van der Waals surface area (Å²) < 4.78 is 0. The van der Waals surface area contributed by atoms with Gasteiger partial charge in [0.25, 0.3) is 0 Å². The van der Waals surface area contributed by atoms with E-state index in [4.69, 9.17) is 5.73 Å². The van der Waals surface area contributed by atoms with E-state index in [-0.39, 0.29) is 5.41 Å². The molecule has 2 rings (SSSR count). The van der Waals surface area contributed by atoms with E-state index in [1.807, 2.05) is 18.2 Å². The van der Waals surface area contributed by atoms with Gasteiger partial charge >= 0.3 is 0 Å². The monoisotopic (exact) mass is 232 g/mol. The molecule has 0 fully saturated rings. The van der Waals surface area contributed by atoms with Gasteiger partial charge in [-0.3, -0.25) is 4.98 Å². The van der Waals surface area contributed by atoms with Gasteiger partial charge in [0, 0.05) is 11.8 Å². The molecule has 84 valence electrons. The molecule has 0 saturated carbocycles. The van der Waals surface area contributed by atoms with Crippen LogP contribution in [-0.2, 0) is 5.41 Å². The predicted molar refractivity (Wildman–Crippen MR) is 70.7 cm³/mol. The van der Waals surface area contributed by atoms with E-state index in [2.05, 4.69) is 31.1 Å². The molecule has 2 aromatic rings. The average Bonchev–Trinajstić information content (AvgIpc) is 2.61. The van der Waals surface area contributed by atoms with Crippen molar-refractivity contribution in [1.29, 1.82) is 0 Å². The summed E-state index contributed by atoms with van der Waals surface area (Å²) in [5.74, 6) is 0. The van der Waals surface area contributed by atoms with Crippen LogP contribution in [0, 0.1) is 0 Å². The number of pyridine rings is 1. The molecule has 0 aliphatic carbocycles. The van der Waals surface area contributed by atoms with Crippen LogP contribution in [0.15, 0.2) is 29.8 Å². The topological polar surface area (TPSA) is 38.9 Å². The highest BCUT2D eigenvalue weighted by molar-refractivity contribution is 7.14. The molecule has 0 radical (unpaired) electrons. The molecule has 0 spiro atoms. The Morgan fingerprint density at radius 3 is 2.56 bits per heavy atom. The molecule has 2 N–H and O–H groups in total. The van der Waals surface area contributed by atoms with Crippen LogP contribution in [0.25, 0.3) is 11.3 Å². The van der Waals surface area contributed by atoms with E-state index in [1.54, 1.807) is 17.5 Å². The van der Waals surface area contributed by atoms with Crippen LogP contribution in [-0.4, -0.2) is 4.98 Å². The molecule has 0 unspecified atom stereocenters. The maximum atomic E-state index is 6.05. The summed E-state index contributed by atoms with van der Waals surface area (Å²) in [5.41, 5.74) is 9.48. The number of hydrogen-bond donors (Lipinski definition) is 1. The Kier molecular flexibility index (Phi) is 2.72. The Morgan fingerprint density at radius 1 is 1.25 bits per heavy atom. The van der Waals surface area contributed by atoms with E-state index in [0.717, 1.165) is 16.3 Å². The molecule has 0 amide bonds. The summed E-state index contributed by atoms with van der Waals surface area (Å²) in [6.07, 6.45) is 1.80. The molecule has 0 saturated heterocycles. The lowest BCUT2D eigenvalue weighted by atomic mass is 9.85. The van der Waals surface area contributed by atoms with Crippen molar-refractivity contribution >= 4 is 16.3 Å². The lowest BCUT2D eigenvalue weighted by Gasteiger charge is -2.19. The number of thiophene rings is 1. The van der Waals surface area contributed by atoms with Crippen LogP contribution in [0.4, 0.5) is 5.00 Å². The molecule has 0 atom stereocenters. The van der Waals surface area contributed by atoms with Crippen LogP contribution < -0.4 is 5.73 Å². The highest BCUT2D eigenvalue weighted by atomic mass is 32.1. The standard InChI is InChI=1S/C13H16N2S/c1-13(2,3)9-8-16-12(14)11(9)10-6-4-5-7-15-10/h4-8H,14H2,1-3H3. The Labute approximate surface area is 100 Å². The first kappa shape index (κ1) is 11.1. The predicted octanol–water partition coefficient (Wildman–Crippen LogP) is 3.69. The molecule has 2 aromatic heterocycles. The van der Waals surface area contributed by atoms with Crippen molar-refractivity contribution in [3.63, 3.8) is 0 Å². The number of nitrogens with two attached hydrogens (primary N) is 1. The number of aromatic nitrogens is 1. The molecule has 16 heavy (non-hydrogen) atoms. The SMILES string of the molecule is CC(C)(C)c1csc(N)c1-c1ccccn1. The molecular weight excluding hydrogens is 216 g/mol. The second kappa shape index (κ2) is 3.91. The van der Waals surface area contributed by atoms with Crippen LogP contribution >= 0.6 is 11.3 Å². The number of anilines is 1. The lowest BCUT2D eigenvalue weighted by Crippen LogP contribution is -2.11. The summed E-state index contributed by atoms with van der Waals surface area (Å²) in [7, 11) is 0. The summed E-state index contributed by atoms with van der Waals surface area (Å²) in [6.45, 7) is 6.59. The van der Waals surface area contributed by atoms with Gasteiger partial charge in [-0.05, 0) is 28.5 Å². The van der Waals surface area contributed by atoms with E-state index in [1.165, 1.54) is 5.56 Å². The van der Waals surface area contributed by atoms with Crippen molar-refractivity contribution in [2.45, 2.75) is 26.2 Å². The molecule has 0 bridgehead atoms. The van der Waals surface area contributed by atoms with Gasteiger partial charge < -0.3 is 5.73 Å². The van der Waals surface area contributed by atoms with Crippen LogP contribution in [0.3, 0.4) is 0 Å². The molecule has 0 aliphatic rings. The quantitative estimate of drug-likeness (QED) is 0.814. The first-order valence-corrected chi connectivity index (χ1v) is 6.17. The number of nitrogen functional groups attached to an aromatic ring is 1. The van der Waals surface area contributed by atoms with Crippen LogP contribution in [0.2, 0.25) is 0 Å². The average molecular weight is 232 g/mol.